The SMILES string of the molecule is CCC(CO)(CO)CSCC(C)C(=O)OCCN(C)C. The van der Waals surface area contributed by atoms with Crippen molar-refractivity contribution >= 4 is 17.7 Å². The van der Waals surface area contributed by atoms with Gasteiger partial charge in [-0.1, -0.05) is 13.8 Å². The first-order chi connectivity index (χ1) is 9.40. The molecule has 120 valence electrons. The van der Waals surface area contributed by atoms with Gasteiger partial charge in [0.1, 0.15) is 6.61 Å². The largest absolute Gasteiger partial charge is 0.464 e. The second-order valence-corrected chi connectivity index (χ2v) is 6.59. The summed E-state index contributed by atoms with van der Waals surface area (Å²) in [6.07, 6.45) is 0.717. The third kappa shape index (κ3) is 7.47. The molecule has 1 atom stereocenters. The average Bonchev–Trinajstić information content (AvgIpc) is 2.43. The number of carbonyl (C=O) groups excluding carboxylic acids is 1. The molecule has 0 spiro atoms. The molecule has 5 nitrogen and oxygen atoms in total. The molecule has 0 aromatic rings. The van der Waals surface area contributed by atoms with Crippen molar-refractivity contribution in [1.82, 2.24) is 4.90 Å². The molecule has 0 bridgehead atoms. The van der Waals surface area contributed by atoms with Crippen LogP contribution in [0.4, 0.5) is 0 Å². The van der Waals surface area contributed by atoms with Gasteiger partial charge < -0.3 is 19.8 Å². The number of likely N-dealkylation sites (N-methyl/N-ethyl adjacent to an activating group) is 1. The van der Waals surface area contributed by atoms with E-state index in [1.54, 1.807) is 11.8 Å². The first-order valence-electron chi connectivity index (χ1n) is 7.01. The molecule has 2 N–H and O–H groups in total. The molecule has 0 heterocycles. The van der Waals surface area contributed by atoms with Crippen molar-refractivity contribution in [2.24, 2.45) is 11.3 Å². The summed E-state index contributed by atoms with van der Waals surface area (Å²) in [5.41, 5.74) is -0.445. The second kappa shape index (κ2) is 10.4. The lowest BCUT2D eigenvalue weighted by atomic mass is 9.90. The maximum atomic E-state index is 11.7. The van der Waals surface area contributed by atoms with Crippen LogP contribution in [0.5, 0.6) is 0 Å². The number of rotatable bonds is 11. The van der Waals surface area contributed by atoms with E-state index >= 15 is 0 Å². The van der Waals surface area contributed by atoms with Crippen molar-refractivity contribution < 1.29 is 19.7 Å². The normalized spacial score (nSPS) is 13.6. The zero-order valence-electron chi connectivity index (χ0n) is 13.1. The molecule has 0 rings (SSSR count). The minimum Gasteiger partial charge on any atom is -0.464 e. The summed E-state index contributed by atoms with van der Waals surface area (Å²) < 4.78 is 5.18. The van der Waals surface area contributed by atoms with Crippen molar-refractivity contribution in [1.29, 1.82) is 0 Å². The van der Waals surface area contributed by atoms with Crippen LogP contribution in [-0.2, 0) is 9.53 Å². The van der Waals surface area contributed by atoms with Gasteiger partial charge in [-0.15, -0.1) is 0 Å². The summed E-state index contributed by atoms with van der Waals surface area (Å²) >= 11 is 1.58. The van der Waals surface area contributed by atoms with Crippen molar-refractivity contribution in [2.75, 3.05) is 52.0 Å². The standard InChI is InChI=1S/C14H29NO4S/c1-5-14(9-16,10-17)11-20-8-12(2)13(18)19-7-6-15(3)4/h12,16-17H,5-11H2,1-4H3. The number of ether oxygens (including phenoxy) is 1. The Balaban J connectivity index is 3.97. The number of aliphatic hydroxyl groups excluding tert-OH is 2. The molecular weight excluding hydrogens is 278 g/mol. The third-order valence-corrected chi connectivity index (χ3v) is 4.93. The molecule has 0 amide bonds. The molecule has 0 aliphatic carbocycles. The molecule has 0 fully saturated rings. The van der Waals surface area contributed by atoms with Gasteiger partial charge in [-0.05, 0) is 20.5 Å². The summed E-state index contributed by atoms with van der Waals surface area (Å²) in [5.74, 6) is 0.928. The fourth-order valence-corrected chi connectivity index (χ4v) is 2.89. The van der Waals surface area contributed by atoms with Gasteiger partial charge in [0.05, 0.1) is 19.1 Å². The van der Waals surface area contributed by atoms with Gasteiger partial charge >= 0.3 is 5.97 Å². The predicted octanol–water partition coefficient (Wildman–Crippen LogP) is 0.841. The Morgan fingerprint density at radius 2 is 1.95 bits per heavy atom. The Morgan fingerprint density at radius 3 is 2.40 bits per heavy atom. The zero-order chi connectivity index (χ0) is 15.6. The minimum atomic E-state index is -0.445. The number of carbonyl (C=O) groups is 1. The monoisotopic (exact) mass is 307 g/mol. The van der Waals surface area contributed by atoms with Gasteiger partial charge in [0.15, 0.2) is 0 Å². The number of esters is 1. The number of hydrogen-bond donors (Lipinski definition) is 2. The van der Waals surface area contributed by atoms with Crippen LogP contribution in [0.2, 0.25) is 0 Å². The van der Waals surface area contributed by atoms with Gasteiger partial charge in [0.2, 0.25) is 0 Å². The van der Waals surface area contributed by atoms with Crippen LogP contribution >= 0.6 is 11.8 Å². The Morgan fingerprint density at radius 1 is 1.35 bits per heavy atom. The first kappa shape index (κ1) is 19.7. The molecule has 6 heteroatoms. The van der Waals surface area contributed by atoms with Crippen LogP contribution in [-0.4, -0.2) is 73.0 Å². The minimum absolute atomic E-state index is 0.0331. The molecule has 20 heavy (non-hydrogen) atoms. The van der Waals surface area contributed by atoms with Crippen molar-refractivity contribution in [3.8, 4) is 0 Å². The van der Waals surface area contributed by atoms with E-state index in [1.165, 1.54) is 0 Å². The van der Waals surface area contributed by atoms with Crippen molar-refractivity contribution in [3.05, 3.63) is 0 Å². The molecule has 0 aliphatic heterocycles. The third-order valence-electron chi connectivity index (χ3n) is 3.38. The highest BCUT2D eigenvalue weighted by atomic mass is 32.2. The topological polar surface area (TPSA) is 70.0 Å². The van der Waals surface area contributed by atoms with Crippen LogP contribution < -0.4 is 0 Å². The Kier molecular flexibility index (Phi) is 10.3. The fraction of sp³-hybridized carbons (Fsp3) is 0.929. The number of nitrogens with zero attached hydrogens (tertiary/aromatic N) is 1. The molecular formula is C14H29NO4S. The Bertz CT molecular complexity index is 262. The van der Waals surface area contributed by atoms with E-state index in [4.69, 9.17) is 4.74 Å². The summed E-state index contributed by atoms with van der Waals surface area (Å²) in [5, 5.41) is 18.7. The van der Waals surface area contributed by atoms with Gasteiger partial charge in [-0.2, -0.15) is 11.8 Å². The van der Waals surface area contributed by atoms with E-state index in [0.29, 0.717) is 24.5 Å². The highest BCUT2D eigenvalue weighted by Crippen LogP contribution is 2.27. The zero-order valence-corrected chi connectivity index (χ0v) is 13.9. The summed E-state index contributed by atoms with van der Waals surface area (Å²) in [6.45, 7) is 4.86. The smallest absolute Gasteiger partial charge is 0.309 e. The van der Waals surface area contributed by atoms with Crippen molar-refractivity contribution in [3.63, 3.8) is 0 Å². The van der Waals surface area contributed by atoms with E-state index in [1.807, 2.05) is 32.8 Å². The number of hydrogen-bond acceptors (Lipinski definition) is 6. The van der Waals surface area contributed by atoms with E-state index in [0.717, 1.165) is 6.54 Å². The lowest BCUT2D eigenvalue weighted by Crippen LogP contribution is -2.32. The fourth-order valence-electron chi connectivity index (χ4n) is 1.46. The van der Waals surface area contributed by atoms with Gasteiger partial charge in [-0.3, -0.25) is 4.79 Å². The van der Waals surface area contributed by atoms with Gasteiger partial charge in [0.25, 0.3) is 0 Å². The molecule has 0 radical (unpaired) electrons. The van der Waals surface area contributed by atoms with Gasteiger partial charge in [-0.25, -0.2) is 0 Å². The highest BCUT2D eigenvalue weighted by Gasteiger charge is 2.27. The summed E-state index contributed by atoms with van der Waals surface area (Å²) in [6, 6.07) is 0. The predicted molar refractivity (Wildman–Crippen MR) is 82.9 cm³/mol. The van der Waals surface area contributed by atoms with Crippen LogP contribution in [0, 0.1) is 11.3 Å². The summed E-state index contributed by atoms with van der Waals surface area (Å²) in [7, 11) is 3.86. The van der Waals surface area contributed by atoms with Gasteiger partial charge in [0, 0.05) is 23.5 Å². The van der Waals surface area contributed by atoms with E-state index < -0.39 is 5.41 Å². The van der Waals surface area contributed by atoms with Crippen molar-refractivity contribution in [2.45, 2.75) is 20.3 Å². The molecule has 0 aromatic heterocycles. The molecule has 1 unspecified atom stereocenters. The Labute approximate surface area is 126 Å². The molecule has 0 saturated carbocycles. The quantitative estimate of drug-likeness (QED) is 0.551. The van der Waals surface area contributed by atoms with E-state index in [-0.39, 0.29) is 25.1 Å². The lowest BCUT2D eigenvalue weighted by Gasteiger charge is -2.28. The maximum Gasteiger partial charge on any atom is 0.309 e. The van der Waals surface area contributed by atoms with Crippen LogP contribution in [0.1, 0.15) is 20.3 Å². The van der Waals surface area contributed by atoms with E-state index in [9.17, 15) is 15.0 Å². The molecule has 0 saturated heterocycles. The molecule has 0 aliphatic rings. The maximum absolute atomic E-state index is 11.7. The first-order valence-corrected chi connectivity index (χ1v) is 8.17. The average molecular weight is 307 g/mol. The summed E-state index contributed by atoms with van der Waals surface area (Å²) in [4.78, 5) is 13.7. The number of thioether (sulfide) groups is 1. The van der Waals surface area contributed by atoms with E-state index in [2.05, 4.69) is 0 Å². The lowest BCUT2D eigenvalue weighted by molar-refractivity contribution is -0.147. The number of aliphatic hydroxyl groups is 2. The Hall–Kier alpha value is -0.300. The van der Waals surface area contributed by atoms with Crippen LogP contribution in [0.3, 0.4) is 0 Å². The van der Waals surface area contributed by atoms with Crippen LogP contribution in [0.25, 0.3) is 0 Å². The van der Waals surface area contributed by atoms with Crippen LogP contribution in [0.15, 0.2) is 0 Å². The second-order valence-electron chi connectivity index (χ2n) is 5.56. The highest BCUT2D eigenvalue weighted by molar-refractivity contribution is 7.99. The molecule has 0 aromatic carbocycles.